The fraction of sp³-hybridized carbons (Fsp3) is 0.350. The summed E-state index contributed by atoms with van der Waals surface area (Å²) in [5.41, 5.74) is 8.72. The Bertz CT molecular complexity index is 832. The molecule has 0 unspecified atom stereocenters. The molecule has 1 heterocycles. The van der Waals surface area contributed by atoms with Gasteiger partial charge < -0.3 is 10.5 Å². The first-order chi connectivity index (χ1) is 12.2. The maximum atomic E-state index is 14.3. The van der Waals surface area contributed by atoms with Crippen LogP contribution in [0, 0.1) is 17.1 Å². The lowest BCUT2D eigenvalue weighted by Gasteiger charge is -2.30. The van der Waals surface area contributed by atoms with Crippen molar-refractivity contribution in [2.75, 3.05) is 13.1 Å². The molecule has 4 rings (SSSR count). The van der Waals surface area contributed by atoms with Crippen molar-refractivity contribution in [1.29, 1.82) is 5.26 Å². The zero-order valence-electron chi connectivity index (χ0n) is 13.9. The Balaban J connectivity index is 1.65. The van der Waals surface area contributed by atoms with Crippen molar-refractivity contribution in [1.82, 2.24) is 4.90 Å². The lowest BCUT2D eigenvalue weighted by molar-refractivity contribution is 0.0898. The number of halogens is 1. The van der Waals surface area contributed by atoms with Crippen molar-refractivity contribution in [2.24, 2.45) is 5.73 Å². The molecule has 0 radical (unpaired) electrons. The van der Waals surface area contributed by atoms with E-state index in [4.69, 9.17) is 15.7 Å². The second-order valence-electron chi connectivity index (χ2n) is 6.81. The van der Waals surface area contributed by atoms with Crippen molar-refractivity contribution in [3.8, 4) is 11.8 Å². The summed E-state index contributed by atoms with van der Waals surface area (Å²) >= 11 is 0. The van der Waals surface area contributed by atoms with Crippen LogP contribution in [0.5, 0.6) is 5.75 Å². The fourth-order valence-corrected chi connectivity index (χ4v) is 3.92. The van der Waals surface area contributed by atoms with Crippen molar-refractivity contribution in [2.45, 2.75) is 31.0 Å². The first kappa shape index (κ1) is 16.1. The van der Waals surface area contributed by atoms with E-state index in [2.05, 4.69) is 17.0 Å². The van der Waals surface area contributed by atoms with Crippen molar-refractivity contribution in [3.05, 3.63) is 65.0 Å². The number of fused-ring (bicyclic) bond motifs is 1. The molecule has 2 N–H and O–H groups in total. The normalized spacial score (nSPS) is 25.6. The highest BCUT2D eigenvalue weighted by Crippen LogP contribution is 2.39. The van der Waals surface area contributed by atoms with Gasteiger partial charge in [-0.3, -0.25) is 4.90 Å². The van der Waals surface area contributed by atoms with E-state index < -0.39 is 5.82 Å². The van der Waals surface area contributed by atoms with Crippen LogP contribution in [0.15, 0.2) is 42.5 Å². The highest BCUT2D eigenvalue weighted by Gasteiger charge is 2.40. The predicted octanol–water partition coefficient (Wildman–Crippen LogP) is 2.78. The molecule has 1 aliphatic heterocycles. The monoisotopic (exact) mass is 337 g/mol. The molecule has 0 saturated carbocycles. The van der Waals surface area contributed by atoms with E-state index in [1.807, 2.05) is 18.2 Å². The van der Waals surface area contributed by atoms with E-state index in [9.17, 15) is 4.39 Å². The standard InChI is InChI=1S/C20H20FN3O/c21-17-9-13(11-22)5-6-19(17)25-20-16-4-2-1-3-14(16)10-18(20)24-8-7-15(23)12-24/h1-6,9,15,18,20H,7-8,10,12,23H2/t15-,18-,20-/m1/s1. The first-order valence-electron chi connectivity index (χ1n) is 8.59. The zero-order valence-corrected chi connectivity index (χ0v) is 13.9. The Labute approximate surface area is 146 Å². The van der Waals surface area contributed by atoms with Gasteiger partial charge in [-0.05, 0) is 42.2 Å². The van der Waals surface area contributed by atoms with Crippen LogP contribution in [0.2, 0.25) is 0 Å². The van der Waals surface area contributed by atoms with E-state index in [1.165, 1.54) is 11.6 Å². The summed E-state index contributed by atoms with van der Waals surface area (Å²) in [5, 5.41) is 8.90. The van der Waals surface area contributed by atoms with Gasteiger partial charge >= 0.3 is 0 Å². The second kappa shape index (κ2) is 6.47. The van der Waals surface area contributed by atoms with Gasteiger partial charge in [-0.25, -0.2) is 4.39 Å². The van der Waals surface area contributed by atoms with Gasteiger partial charge in [0.1, 0.15) is 6.10 Å². The summed E-state index contributed by atoms with van der Waals surface area (Å²) in [6, 6.07) is 14.8. The smallest absolute Gasteiger partial charge is 0.166 e. The summed E-state index contributed by atoms with van der Waals surface area (Å²) in [6.07, 6.45) is 1.62. The van der Waals surface area contributed by atoms with Crippen LogP contribution in [0.1, 0.15) is 29.2 Å². The van der Waals surface area contributed by atoms with E-state index in [0.29, 0.717) is 5.56 Å². The van der Waals surface area contributed by atoms with Crippen molar-refractivity contribution in [3.63, 3.8) is 0 Å². The number of hydrogen-bond acceptors (Lipinski definition) is 4. The molecule has 0 bridgehead atoms. The number of rotatable bonds is 3. The number of nitrogens with two attached hydrogens (primary N) is 1. The molecule has 2 aromatic carbocycles. The van der Waals surface area contributed by atoms with Gasteiger partial charge in [-0.2, -0.15) is 5.26 Å². The molecule has 5 heteroatoms. The Hall–Kier alpha value is -2.42. The second-order valence-corrected chi connectivity index (χ2v) is 6.81. The third-order valence-corrected chi connectivity index (χ3v) is 5.18. The number of nitrogens with zero attached hydrogens (tertiary/aromatic N) is 2. The maximum absolute atomic E-state index is 14.3. The molecule has 4 nitrogen and oxygen atoms in total. The Morgan fingerprint density at radius 2 is 2.08 bits per heavy atom. The van der Waals surface area contributed by atoms with E-state index >= 15 is 0 Å². The van der Waals surface area contributed by atoms with E-state index in [1.54, 1.807) is 12.1 Å². The largest absolute Gasteiger partial charge is 0.481 e. The molecule has 3 atom stereocenters. The summed E-state index contributed by atoms with van der Waals surface area (Å²) in [6.45, 7) is 1.78. The van der Waals surface area contributed by atoms with Gasteiger partial charge in [0, 0.05) is 19.1 Å². The van der Waals surface area contributed by atoms with Crippen LogP contribution < -0.4 is 10.5 Å². The number of hydrogen-bond donors (Lipinski definition) is 1. The molecular formula is C20H20FN3O. The van der Waals surface area contributed by atoms with Crippen LogP contribution in [0.3, 0.4) is 0 Å². The molecule has 2 aliphatic rings. The summed E-state index contributed by atoms with van der Waals surface area (Å²) in [7, 11) is 0. The van der Waals surface area contributed by atoms with E-state index in [-0.39, 0.29) is 23.9 Å². The van der Waals surface area contributed by atoms with Crippen molar-refractivity contribution < 1.29 is 9.13 Å². The van der Waals surface area contributed by atoms with Crippen LogP contribution in [0.4, 0.5) is 4.39 Å². The third kappa shape index (κ3) is 2.99. The predicted molar refractivity (Wildman–Crippen MR) is 92.6 cm³/mol. The van der Waals surface area contributed by atoms with Crippen LogP contribution in [0.25, 0.3) is 0 Å². The summed E-state index contributed by atoms with van der Waals surface area (Å²) < 4.78 is 20.4. The third-order valence-electron chi connectivity index (χ3n) is 5.18. The van der Waals surface area contributed by atoms with Crippen LogP contribution in [-0.2, 0) is 6.42 Å². The molecule has 25 heavy (non-hydrogen) atoms. The van der Waals surface area contributed by atoms with Gasteiger partial charge in [0.05, 0.1) is 17.7 Å². The minimum absolute atomic E-state index is 0.154. The molecule has 0 aromatic heterocycles. The minimum Gasteiger partial charge on any atom is -0.481 e. The molecular weight excluding hydrogens is 317 g/mol. The average molecular weight is 337 g/mol. The molecule has 1 aliphatic carbocycles. The SMILES string of the molecule is N#Cc1ccc(O[C@@H]2c3ccccc3C[C@H]2N2CC[C@@H](N)C2)c(F)c1. The average Bonchev–Trinajstić information content (AvgIpc) is 3.20. The van der Waals surface area contributed by atoms with Gasteiger partial charge in [0.25, 0.3) is 0 Å². The molecule has 0 spiro atoms. The number of benzene rings is 2. The lowest BCUT2D eigenvalue weighted by Crippen LogP contribution is -2.40. The molecule has 2 aromatic rings. The summed E-state index contributed by atoms with van der Waals surface area (Å²) in [4.78, 5) is 2.36. The van der Waals surface area contributed by atoms with Crippen LogP contribution >= 0.6 is 0 Å². The number of nitriles is 1. The van der Waals surface area contributed by atoms with Gasteiger partial charge in [-0.15, -0.1) is 0 Å². The Morgan fingerprint density at radius 3 is 2.80 bits per heavy atom. The lowest BCUT2D eigenvalue weighted by atomic mass is 10.1. The molecule has 1 fully saturated rings. The molecule has 128 valence electrons. The van der Waals surface area contributed by atoms with Crippen LogP contribution in [-0.4, -0.2) is 30.1 Å². The van der Waals surface area contributed by atoms with Crippen molar-refractivity contribution >= 4 is 0 Å². The first-order valence-corrected chi connectivity index (χ1v) is 8.59. The fourth-order valence-electron chi connectivity index (χ4n) is 3.92. The van der Waals surface area contributed by atoms with Gasteiger partial charge in [0.15, 0.2) is 11.6 Å². The van der Waals surface area contributed by atoms with E-state index in [0.717, 1.165) is 31.5 Å². The zero-order chi connectivity index (χ0) is 17.4. The van der Waals surface area contributed by atoms with Gasteiger partial charge in [-0.1, -0.05) is 24.3 Å². The highest BCUT2D eigenvalue weighted by atomic mass is 19.1. The molecule has 1 saturated heterocycles. The number of ether oxygens (including phenoxy) is 1. The topological polar surface area (TPSA) is 62.3 Å². The maximum Gasteiger partial charge on any atom is 0.166 e. The van der Waals surface area contributed by atoms with Gasteiger partial charge in [0.2, 0.25) is 0 Å². The quantitative estimate of drug-likeness (QED) is 0.935. The highest BCUT2D eigenvalue weighted by molar-refractivity contribution is 5.40. The molecule has 0 amide bonds. The summed E-state index contributed by atoms with van der Waals surface area (Å²) in [5.74, 6) is -0.311. The Morgan fingerprint density at radius 1 is 1.24 bits per heavy atom. The number of likely N-dealkylation sites (tertiary alicyclic amines) is 1. The minimum atomic E-state index is -0.500. The Kier molecular flexibility index (Phi) is 4.16.